The molecule has 2 aromatic rings. The predicted molar refractivity (Wildman–Crippen MR) is 85.5 cm³/mol. The summed E-state index contributed by atoms with van der Waals surface area (Å²) < 4.78 is 10.8. The first kappa shape index (κ1) is 15.5. The summed E-state index contributed by atoms with van der Waals surface area (Å²) in [7, 11) is 1.52. The summed E-state index contributed by atoms with van der Waals surface area (Å²) in [4.78, 5) is 31.8. The normalized spacial score (nSPS) is 15.0. The van der Waals surface area contributed by atoms with Gasteiger partial charge in [0.25, 0.3) is 5.91 Å². The van der Waals surface area contributed by atoms with E-state index in [4.69, 9.17) is 9.15 Å². The summed E-state index contributed by atoms with van der Waals surface area (Å²) in [6.07, 6.45) is 1.58. The lowest BCUT2D eigenvalue weighted by Gasteiger charge is -2.33. The van der Waals surface area contributed by atoms with E-state index in [0.717, 1.165) is 0 Å². The van der Waals surface area contributed by atoms with Crippen molar-refractivity contribution in [1.29, 1.82) is 0 Å². The fourth-order valence-electron chi connectivity index (χ4n) is 2.38. The Bertz CT molecular complexity index is 746. The van der Waals surface area contributed by atoms with E-state index in [-0.39, 0.29) is 24.1 Å². The molecular weight excluding hydrogens is 366 g/mol. The van der Waals surface area contributed by atoms with E-state index < -0.39 is 0 Å². The van der Waals surface area contributed by atoms with Gasteiger partial charge in [0.1, 0.15) is 6.54 Å². The molecule has 23 heavy (non-hydrogen) atoms. The first-order chi connectivity index (χ1) is 11.1. The largest absolute Gasteiger partial charge is 0.481 e. The molecular formula is C15H14BrN3O4. The number of hydrogen-bond donors (Lipinski definition) is 0. The average Bonchev–Trinajstić information content (AvgIpc) is 3.00. The van der Waals surface area contributed by atoms with E-state index >= 15 is 0 Å². The highest BCUT2D eigenvalue weighted by atomic mass is 79.9. The molecule has 120 valence electrons. The van der Waals surface area contributed by atoms with Gasteiger partial charge in [-0.1, -0.05) is 0 Å². The third-order valence-corrected chi connectivity index (χ3v) is 3.96. The van der Waals surface area contributed by atoms with Crippen LogP contribution >= 0.6 is 15.9 Å². The maximum absolute atomic E-state index is 12.4. The van der Waals surface area contributed by atoms with Gasteiger partial charge in [-0.2, -0.15) is 0 Å². The quantitative estimate of drug-likeness (QED) is 0.814. The molecule has 1 fully saturated rings. The fraction of sp³-hybridized carbons (Fsp3) is 0.267. The zero-order valence-electron chi connectivity index (χ0n) is 12.4. The van der Waals surface area contributed by atoms with Crippen molar-refractivity contribution in [3.8, 4) is 5.88 Å². The highest BCUT2D eigenvalue weighted by Gasteiger charge is 2.30. The second-order valence-corrected chi connectivity index (χ2v) is 5.71. The van der Waals surface area contributed by atoms with Crippen molar-refractivity contribution < 1.29 is 18.7 Å². The van der Waals surface area contributed by atoms with Crippen LogP contribution in [0.2, 0.25) is 0 Å². The van der Waals surface area contributed by atoms with Crippen LogP contribution in [-0.2, 0) is 4.79 Å². The van der Waals surface area contributed by atoms with Crippen LogP contribution in [0.4, 0.5) is 5.69 Å². The number of methoxy groups -OCH3 is 1. The molecule has 2 amide bonds. The van der Waals surface area contributed by atoms with E-state index in [0.29, 0.717) is 29.3 Å². The Morgan fingerprint density at radius 2 is 2.17 bits per heavy atom. The Hall–Kier alpha value is -2.35. The van der Waals surface area contributed by atoms with E-state index in [1.54, 1.807) is 35.4 Å². The minimum Gasteiger partial charge on any atom is -0.481 e. The zero-order chi connectivity index (χ0) is 16.4. The molecule has 1 aliphatic rings. The van der Waals surface area contributed by atoms with Crippen LogP contribution in [0, 0.1) is 0 Å². The molecule has 2 aromatic heterocycles. The number of amides is 2. The SMILES string of the molecule is COc1cc(N2CCN(C(=O)c3ccc(Br)o3)CC2=O)ccn1. The monoisotopic (exact) mass is 379 g/mol. The van der Waals surface area contributed by atoms with E-state index in [2.05, 4.69) is 20.9 Å². The molecule has 0 N–H and O–H groups in total. The molecule has 0 unspecified atom stereocenters. The van der Waals surface area contributed by atoms with Crippen molar-refractivity contribution in [2.24, 2.45) is 0 Å². The molecule has 8 heteroatoms. The number of carbonyl (C=O) groups excluding carboxylic acids is 2. The number of furan rings is 1. The summed E-state index contributed by atoms with van der Waals surface area (Å²) in [5.74, 6) is 0.192. The molecule has 3 rings (SSSR count). The van der Waals surface area contributed by atoms with Gasteiger partial charge in [0.15, 0.2) is 10.4 Å². The molecule has 0 atom stereocenters. The van der Waals surface area contributed by atoms with E-state index in [1.807, 2.05) is 0 Å². The Morgan fingerprint density at radius 1 is 1.35 bits per heavy atom. The molecule has 0 saturated carbocycles. The topological polar surface area (TPSA) is 75.9 Å². The number of hydrogen-bond acceptors (Lipinski definition) is 5. The van der Waals surface area contributed by atoms with Crippen LogP contribution in [-0.4, -0.2) is 48.4 Å². The number of piperazine rings is 1. The van der Waals surface area contributed by atoms with Gasteiger partial charge in [-0.25, -0.2) is 4.98 Å². The average molecular weight is 380 g/mol. The van der Waals surface area contributed by atoms with Crippen LogP contribution in [0.5, 0.6) is 5.88 Å². The van der Waals surface area contributed by atoms with Crippen LogP contribution in [0.1, 0.15) is 10.6 Å². The minimum absolute atomic E-state index is 0.00178. The van der Waals surface area contributed by atoms with Gasteiger partial charge in [-0.15, -0.1) is 0 Å². The number of pyridine rings is 1. The molecule has 0 radical (unpaired) electrons. The lowest BCUT2D eigenvalue weighted by atomic mass is 10.2. The highest BCUT2D eigenvalue weighted by Crippen LogP contribution is 2.22. The van der Waals surface area contributed by atoms with Crippen molar-refractivity contribution in [2.45, 2.75) is 0 Å². The maximum atomic E-state index is 12.4. The van der Waals surface area contributed by atoms with Gasteiger partial charge in [0.05, 0.1) is 12.8 Å². The van der Waals surface area contributed by atoms with Crippen LogP contribution in [0.3, 0.4) is 0 Å². The van der Waals surface area contributed by atoms with Crippen molar-refractivity contribution in [1.82, 2.24) is 9.88 Å². The van der Waals surface area contributed by atoms with E-state index in [9.17, 15) is 9.59 Å². The summed E-state index contributed by atoms with van der Waals surface area (Å²) >= 11 is 3.16. The van der Waals surface area contributed by atoms with Crippen molar-refractivity contribution in [3.63, 3.8) is 0 Å². The standard InChI is InChI=1S/C15H14BrN3O4/c1-22-13-8-10(4-5-17-13)19-7-6-18(9-14(19)20)15(21)11-2-3-12(16)23-11/h2-5,8H,6-7,9H2,1H3. The summed E-state index contributed by atoms with van der Waals surface area (Å²) in [6.45, 7) is 0.828. The number of halogens is 1. The Balaban J connectivity index is 1.72. The maximum Gasteiger partial charge on any atom is 0.290 e. The Labute approximate surface area is 141 Å². The summed E-state index contributed by atoms with van der Waals surface area (Å²) in [5.41, 5.74) is 0.703. The molecule has 7 nitrogen and oxygen atoms in total. The second-order valence-electron chi connectivity index (χ2n) is 4.93. The van der Waals surface area contributed by atoms with Crippen LogP contribution < -0.4 is 9.64 Å². The third kappa shape index (κ3) is 3.21. The molecule has 0 spiro atoms. The highest BCUT2D eigenvalue weighted by molar-refractivity contribution is 9.10. The molecule has 0 bridgehead atoms. The predicted octanol–water partition coefficient (Wildman–Crippen LogP) is 1.93. The van der Waals surface area contributed by atoms with Gasteiger partial charge in [-0.05, 0) is 34.1 Å². The van der Waals surface area contributed by atoms with Crippen LogP contribution in [0.25, 0.3) is 0 Å². The number of aromatic nitrogens is 1. The fourth-order valence-corrected chi connectivity index (χ4v) is 2.69. The van der Waals surface area contributed by atoms with E-state index in [1.165, 1.54) is 12.0 Å². The number of carbonyl (C=O) groups is 2. The Morgan fingerprint density at radius 3 is 2.83 bits per heavy atom. The molecule has 3 heterocycles. The van der Waals surface area contributed by atoms with Gasteiger partial charge in [0.2, 0.25) is 11.8 Å². The number of anilines is 1. The van der Waals surface area contributed by atoms with Crippen molar-refractivity contribution >= 4 is 33.4 Å². The van der Waals surface area contributed by atoms with Crippen LogP contribution in [0.15, 0.2) is 39.5 Å². The zero-order valence-corrected chi connectivity index (χ0v) is 13.9. The summed E-state index contributed by atoms with van der Waals surface area (Å²) in [5, 5.41) is 0. The number of nitrogens with zero attached hydrogens (tertiary/aromatic N) is 3. The lowest BCUT2D eigenvalue weighted by Crippen LogP contribution is -2.52. The number of rotatable bonds is 3. The summed E-state index contributed by atoms with van der Waals surface area (Å²) in [6, 6.07) is 6.66. The molecule has 1 saturated heterocycles. The molecule has 1 aliphatic heterocycles. The lowest BCUT2D eigenvalue weighted by molar-refractivity contribution is -0.120. The minimum atomic E-state index is -0.295. The van der Waals surface area contributed by atoms with Crippen molar-refractivity contribution in [3.05, 3.63) is 40.9 Å². The van der Waals surface area contributed by atoms with Crippen molar-refractivity contribution in [2.75, 3.05) is 31.6 Å². The first-order valence-corrected chi connectivity index (χ1v) is 7.73. The smallest absolute Gasteiger partial charge is 0.290 e. The van der Waals surface area contributed by atoms with Gasteiger partial charge >= 0.3 is 0 Å². The first-order valence-electron chi connectivity index (χ1n) is 6.93. The van der Waals surface area contributed by atoms with Gasteiger partial charge in [0, 0.05) is 25.4 Å². The second kappa shape index (κ2) is 6.41. The Kier molecular flexibility index (Phi) is 4.33. The number of ether oxygens (including phenoxy) is 1. The van der Waals surface area contributed by atoms with Gasteiger partial charge in [-0.3, -0.25) is 9.59 Å². The molecule has 0 aromatic carbocycles. The van der Waals surface area contributed by atoms with Gasteiger partial charge < -0.3 is 19.0 Å². The third-order valence-electron chi connectivity index (χ3n) is 3.53. The molecule has 0 aliphatic carbocycles.